The summed E-state index contributed by atoms with van der Waals surface area (Å²) in [5.74, 6) is -0.126. The zero-order chi connectivity index (χ0) is 14.1. The van der Waals surface area contributed by atoms with Crippen LogP contribution in [-0.2, 0) is 6.54 Å². The van der Waals surface area contributed by atoms with Crippen molar-refractivity contribution in [3.63, 3.8) is 0 Å². The molecule has 106 valence electrons. The third kappa shape index (κ3) is 2.98. The highest BCUT2D eigenvalue weighted by Gasteiger charge is 2.44. The normalized spacial score (nSPS) is 26.0. The first-order valence-electron chi connectivity index (χ1n) is 7.03. The fraction of sp³-hybridized carbons (Fsp3) is 0.625. The number of halogens is 1. The quantitative estimate of drug-likeness (QED) is 0.905. The fourth-order valence-electron chi connectivity index (χ4n) is 3.34. The van der Waals surface area contributed by atoms with E-state index in [0.29, 0.717) is 18.5 Å². The van der Waals surface area contributed by atoms with Crippen molar-refractivity contribution < 1.29 is 4.39 Å². The number of benzene rings is 1. The van der Waals surface area contributed by atoms with Crippen LogP contribution in [0, 0.1) is 11.2 Å². The smallest absolute Gasteiger partial charge is 0.127 e. The van der Waals surface area contributed by atoms with Gasteiger partial charge in [-0.05, 0) is 37.8 Å². The molecule has 1 aromatic carbocycles. The minimum atomic E-state index is -0.126. The summed E-state index contributed by atoms with van der Waals surface area (Å²) in [6.45, 7) is 5.85. The van der Waals surface area contributed by atoms with Crippen molar-refractivity contribution in [2.45, 2.75) is 45.2 Å². The minimum absolute atomic E-state index is 0.0196. The van der Waals surface area contributed by atoms with Gasteiger partial charge in [0.1, 0.15) is 5.82 Å². The van der Waals surface area contributed by atoms with Gasteiger partial charge in [-0.25, -0.2) is 4.39 Å². The van der Waals surface area contributed by atoms with Crippen LogP contribution in [0.15, 0.2) is 24.3 Å². The first kappa shape index (κ1) is 14.5. The molecule has 0 radical (unpaired) electrons. The van der Waals surface area contributed by atoms with E-state index in [4.69, 9.17) is 5.73 Å². The Hall–Kier alpha value is -0.930. The first-order chi connectivity index (χ1) is 8.88. The maximum absolute atomic E-state index is 13.8. The maximum Gasteiger partial charge on any atom is 0.127 e. The Balaban J connectivity index is 2.15. The molecule has 1 unspecified atom stereocenters. The second-order valence-electron chi connectivity index (χ2n) is 6.72. The van der Waals surface area contributed by atoms with Crippen molar-refractivity contribution >= 4 is 0 Å². The van der Waals surface area contributed by atoms with Gasteiger partial charge in [0.25, 0.3) is 0 Å². The van der Waals surface area contributed by atoms with E-state index in [0.717, 1.165) is 18.4 Å². The van der Waals surface area contributed by atoms with Gasteiger partial charge in [-0.1, -0.05) is 32.0 Å². The van der Waals surface area contributed by atoms with Crippen molar-refractivity contribution in [2.24, 2.45) is 11.1 Å². The monoisotopic (exact) mass is 264 g/mol. The van der Waals surface area contributed by atoms with Crippen LogP contribution in [0.3, 0.4) is 0 Å². The van der Waals surface area contributed by atoms with Gasteiger partial charge in [-0.2, -0.15) is 0 Å². The summed E-state index contributed by atoms with van der Waals surface area (Å²) >= 11 is 0. The molecule has 2 rings (SSSR count). The molecule has 1 aliphatic rings. The van der Waals surface area contributed by atoms with Gasteiger partial charge in [0.2, 0.25) is 0 Å². The summed E-state index contributed by atoms with van der Waals surface area (Å²) in [4.78, 5) is 2.25. The highest BCUT2D eigenvalue weighted by molar-refractivity contribution is 5.18. The van der Waals surface area contributed by atoms with Crippen LogP contribution in [0.2, 0.25) is 0 Å². The predicted molar refractivity (Wildman–Crippen MR) is 77.3 cm³/mol. The molecule has 1 fully saturated rings. The lowest BCUT2D eigenvalue weighted by molar-refractivity contribution is 0.110. The van der Waals surface area contributed by atoms with Crippen molar-refractivity contribution in [2.75, 3.05) is 13.6 Å². The van der Waals surface area contributed by atoms with Crippen molar-refractivity contribution in [1.82, 2.24) is 4.90 Å². The predicted octanol–water partition coefficient (Wildman–Crippen LogP) is 3.17. The molecular formula is C16H25FN2. The standard InChI is InChI=1S/C16H25FN2/c1-15(2)8-9-16(11-15,12-18)19(3)10-13-6-4-5-7-14(13)17/h4-7H,8-12,18H2,1-3H3. The van der Waals surface area contributed by atoms with Gasteiger partial charge in [-0.3, -0.25) is 4.90 Å². The Kier molecular flexibility index (Phi) is 3.98. The van der Waals surface area contributed by atoms with Crippen LogP contribution in [-0.4, -0.2) is 24.0 Å². The summed E-state index contributed by atoms with van der Waals surface area (Å²) in [7, 11) is 2.07. The van der Waals surface area contributed by atoms with Gasteiger partial charge in [0.15, 0.2) is 0 Å². The molecule has 0 bridgehead atoms. The molecule has 0 aliphatic heterocycles. The molecule has 0 amide bonds. The number of rotatable bonds is 4. The van der Waals surface area contributed by atoms with E-state index in [2.05, 4.69) is 25.8 Å². The SMILES string of the molecule is CN(Cc1ccccc1F)C1(CN)CCC(C)(C)C1. The van der Waals surface area contributed by atoms with E-state index in [1.807, 2.05) is 12.1 Å². The molecule has 1 saturated carbocycles. The van der Waals surface area contributed by atoms with E-state index in [-0.39, 0.29) is 11.4 Å². The molecule has 0 aromatic heterocycles. The molecular weight excluding hydrogens is 239 g/mol. The summed E-state index contributed by atoms with van der Waals surface area (Å²) < 4.78 is 13.8. The van der Waals surface area contributed by atoms with E-state index >= 15 is 0 Å². The van der Waals surface area contributed by atoms with Crippen LogP contribution in [0.1, 0.15) is 38.7 Å². The third-order valence-electron chi connectivity index (χ3n) is 4.63. The second-order valence-corrected chi connectivity index (χ2v) is 6.72. The third-order valence-corrected chi connectivity index (χ3v) is 4.63. The Morgan fingerprint density at radius 1 is 1.26 bits per heavy atom. The average molecular weight is 264 g/mol. The molecule has 1 aliphatic carbocycles. The van der Waals surface area contributed by atoms with Gasteiger partial charge in [0, 0.05) is 24.2 Å². The number of nitrogens with zero attached hydrogens (tertiary/aromatic N) is 1. The second kappa shape index (κ2) is 5.22. The zero-order valence-corrected chi connectivity index (χ0v) is 12.2. The average Bonchev–Trinajstić information content (AvgIpc) is 2.69. The van der Waals surface area contributed by atoms with E-state index in [1.165, 1.54) is 12.5 Å². The van der Waals surface area contributed by atoms with Crippen molar-refractivity contribution in [3.05, 3.63) is 35.6 Å². The summed E-state index contributed by atoms with van der Waals surface area (Å²) in [5, 5.41) is 0. The molecule has 1 atom stereocenters. The number of hydrogen-bond acceptors (Lipinski definition) is 2. The van der Waals surface area contributed by atoms with Crippen molar-refractivity contribution in [1.29, 1.82) is 0 Å². The Morgan fingerprint density at radius 2 is 1.95 bits per heavy atom. The fourth-order valence-corrected chi connectivity index (χ4v) is 3.34. The molecule has 0 spiro atoms. The molecule has 3 heteroatoms. The topological polar surface area (TPSA) is 29.3 Å². The van der Waals surface area contributed by atoms with Gasteiger partial charge >= 0.3 is 0 Å². The van der Waals surface area contributed by atoms with Crippen LogP contribution in [0.5, 0.6) is 0 Å². The van der Waals surface area contributed by atoms with E-state index in [1.54, 1.807) is 6.07 Å². The first-order valence-corrected chi connectivity index (χ1v) is 7.03. The van der Waals surface area contributed by atoms with Crippen LogP contribution >= 0.6 is 0 Å². The lowest BCUT2D eigenvalue weighted by atomic mass is 9.86. The highest BCUT2D eigenvalue weighted by atomic mass is 19.1. The highest BCUT2D eigenvalue weighted by Crippen LogP contribution is 2.46. The summed E-state index contributed by atoms with van der Waals surface area (Å²) in [5.41, 5.74) is 7.16. The molecule has 2 nitrogen and oxygen atoms in total. The largest absolute Gasteiger partial charge is 0.329 e. The lowest BCUT2D eigenvalue weighted by Gasteiger charge is -2.39. The molecule has 19 heavy (non-hydrogen) atoms. The Morgan fingerprint density at radius 3 is 2.47 bits per heavy atom. The number of likely N-dealkylation sites (N-methyl/N-ethyl adjacent to an activating group) is 1. The molecule has 2 N–H and O–H groups in total. The summed E-state index contributed by atoms with van der Waals surface area (Å²) in [6, 6.07) is 7.00. The van der Waals surface area contributed by atoms with Crippen LogP contribution in [0.25, 0.3) is 0 Å². The minimum Gasteiger partial charge on any atom is -0.329 e. The van der Waals surface area contributed by atoms with Gasteiger partial charge in [0.05, 0.1) is 0 Å². The molecule has 1 aromatic rings. The zero-order valence-electron chi connectivity index (χ0n) is 12.2. The van der Waals surface area contributed by atoms with Crippen molar-refractivity contribution in [3.8, 4) is 0 Å². The Labute approximate surface area is 115 Å². The van der Waals surface area contributed by atoms with Crippen LogP contribution < -0.4 is 5.73 Å². The molecule has 0 heterocycles. The van der Waals surface area contributed by atoms with E-state index < -0.39 is 0 Å². The summed E-state index contributed by atoms with van der Waals surface area (Å²) in [6.07, 6.45) is 3.37. The van der Waals surface area contributed by atoms with Crippen LogP contribution in [0.4, 0.5) is 4.39 Å². The van der Waals surface area contributed by atoms with E-state index in [9.17, 15) is 4.39 Å². The Bertz CT molecular complexity index is 444. The molecule has 0 saturated heterocycles. The maximum atomic E-state index is 13.8. The van der Waals surface area contributed by atoms with Gasteiger partial charge in [-0.15, -0.1) is 0 Å². The number of hydrogen-bond donors (Lipinski definition) is 1. The van der Waals surface area contributed by atoms with Gasteiger partial charge < -0.3 is 5.73 Å². The lowest BCUT2D eigenvalue weighted by Crippen LogP contribution is -2.50. The number of nitrogens with two attached hydrogens (primary N) is 1.